The predicted octanol–water partition coefficient (Wildman–Crippen LogP) is 1.03. The topological polar surface area (TPSA) is 98.1 Å². The van der Waals surface area contributed by atoms with Crippen LogP contribution in [-0.4, -0.2) is 45.2 Å². The van der Waals surface area contributed by atoms with E-state index in [4.69, 9.17) is 5.11 Å². The highest BCUT2D eigenvalue weighted by Crippen LogP contribution is 2.27. The Morgan fingerprint density at radius 2 is 2.05 bits per heavy atom. The molecule has 19 heavy (non-hydrogen) atoms. The van der Waals surface area contributed by atoms with Gasteiger partial charge in [0, 0.05) is 25.6 Å². The van der Waals surface area contributed by atoms with Gasteiger partial charge in [0.05, 0.1) is 5.56 Å². The van der Waals surface area contributed by atoms with Gasteiger partial charge in [-0.05, 0) is 24.5 Å². The molecule has 1 aliphatic rings. The smallest absolute Gasteiger partial charge is 0.303 e. The molecule has 6 heteroatoms. The zero-order valence-electron chi connectivity index (χ0n) is 10.2. The molecule has 1 atom stereocenters. The Morgan fingerprint density at radius 1 is 1.32 bits per heavy atom. The lowest BCUT2D eigenvalue weighted by atomic mass is 10.1. The van der Waals surface area contributed by atoms with E-state index in [1.165, 1.54) is 17.0 Å². The number of carbonyl (C=O) groups excluding carboxylic acids is 1. The van der Waals surface area contributed by atoms with Gasteiger partial charge < -0.3 is 20.2 Å². The molecule has 1 aromatic carbocycles. The van der Waals surface area contributed by atoms with Crippen LogP contribution in [0.1, 0.15) is 23.2 Å². The molecule has 1 aliphatic heterocycles. The van der Waals surface area contributed by atoms with Gasteiger partial charge in [0.15, 0.2) is 0 Å². The molecule has 1 saturated heterocycles. The number of carbonyl (C=O) groups is 2. The number of carboxylic acid groups (broad SMARTS) is 1. The highest BCUT2D eigenvalue weighted by molar-refractivity contribution is 5.97. The number of benzene rings is 1. The summed E-state index contributed by atoms with van der Waals surface area (Å²) in [4.78, 5) is 24.3. The molecule has 0 saturated carbocycles. The van der Waals surface area contributed by atoms with E-state index in [-0.39, 0.29) is 35.3 Å². The molecular weight excluding hydrogens is 250 g/mol. The van der Waals surface area contributed by atoms with Crippen LogP contribution in [-0.2, 0) is 4.79 Å². The van der Waals surface area contributed by atoms with Crippen molar-refractivity contribution in [3.8, 4) is 11.5 Å². The van der Waals surface area contributed by atoms with Crippen molar-refractivity contribution < 1.29 is 24.9 Å². The number of rotatable bonds is 3. The summed E-state index contributed by atoms with van der Waals surface area (Å²) in [5, 5.41) is 27.5. The lowest BCUT2D eigenvalue weighted by molar-refractivity contribution is -0.138. The summed E-state index contributed by atoms with van der Waals surface area (Å²) in [6, 6.07) is 3.80. The minimum Gasteiger partial charge on any atom is -0.508 e. The summed E-state index contributed by atoms with van der Waals surface area (Å²) < 4.78 is 0. The summed E-state index contributed by atoms with van der Waals surface area (Å²) in [6.45, 7) is 0.864. The Balaban J connectivity index is 2.07. The number of hydrogen-bond acceptors (Lipinski definition) is 4. The molecule has 0 aliphatic carbocycles. The maximum Gasteiger partial charge on any atom is 0.303 e. The first-order valence-corrected chi connectivity index (χ1v) is 6.00. The summed E-state index contributed by atoms with van der Waals surface area (Å²) in [5.41, 5.74) is 0.119. The number of amides is 1. The Kier molecular flexibility index (Phi) is 3.59. The maximum absolute atomic E-state index is 12.1. The lowest BCUT2D eigenvalue weighted by Gasteiger charge is -2.17. The van der Waals surface area contributed by atoms with E-state index >= 15 is 0 Å². The van der Waals surface area contributed by atoms with Crippen LogP contribution in [0.25, 0.3) is 0 Å². The molecule has 0 radical (unpaired) electrons. The third-order valence-electron chi connectivity index (χ3n) is 3.25. The molecule has 3 N–H and O–H groups in total. The second-order valence-corrected chi connectivity index (χ2v) is 4.71. The highest BCUT2D eigenvalue weighted by atomic mass is 16.4. The van der Waals surface area contributed by atoms with Crippen LogP contribution in [0.5, 0.6) is 11.5 Å². The number of likely N-dealkylation sites (tertiary alicyclic amines) is 1. The average Bonchev–Trinajstić information content (AvgIpc) is 2.75. The Morgan fingerprint density at radius 3 is 2.68 bits per heavy atom. The first-order valence-electron chi connectivity index (χ1n) is 6.00. The van der Waals surface area contributed by atoms with Crippen molar-refractivity contribution in [2.24, 2.45) is 5.92 Å². The fourth-order valence-electron chi connectivity index (χ4n) is 2.30. The Hall–Kier alpha value is -2.24. The number of phenols is 2. The summed E-state index contributed by atoms with van der Waals surface area (Å²) in [5.74, 6) is -1.64. The van der Waals surface area contributed by atoms with Gasteiger partial charge in [0.25, 0.3) is 5.91 Å². The van der Waals surface area contributed by atoms with E-state index in [1.54, 1.807) is 0 Å². The zero-order valence-corrected chi connectivity index (χ0v) is 10.2. The molecular formula is C13H15NO5. The van der Waals surface area contributed by atoms with Crippen LogP contribution in [0.4, 0.5) is 0 Å². The van der Waals surface area contributed by atoms with Crippen molar-refractivity contribution in [1.82, 2.24) is 4.90 Å². The number of hydrogen-bond donors (Lipinski definition) is 3. The van der Waals surface area contributed by atoms with Gasteiger partial charge in [-0.15, -0.1) is 0 Å². The zero-order chi connectivity index (χ0) is 14.0. The maximum atomic E-state index is 12.1. The molecule has 1 unspecified atom stereocenters. The number of nitrogens with zero attached hydrogens (tertiary/aromatic N) is 1. The van der Waals surface area contributed by atoms with Gasteiger partial charge >= 0.3 is 5.97 Å². The van der Waals surface area contributed by atoms with Gasteiger partial charge in [-0.1, -0.05) is 0 Å². The Bertz CT molecular complexity index is 514. The number of carboxylic acids is 1. The SMILES string of the molecule is O=C(O)CC1CCN(C(=O)c2ccc(O)cc2O)C1. The van der Waals surface area contributed by atoms with E-state index in [0.29, 0.717) is 19.5 Å². The van der Waals surface area contributed by atoms with Gasteiger partial charge in [-0.3, -0.25) is 9.59 Å². The van der Waals surface area contributed by atoms with E-state index in [2.05, 4.69) is 0 Å². The molecule has 102 valence electrons. The predicted molar refractivity (Wildman–Crippen MR) is 66.0 cm³/mol. The molecule has 6 nitrogen and oxygen atoms in total. The van der Waals surface area contributed by atoms with Crippen LogP contribution in [0.15, 0.2) is 18.2 Å². The standard InChI is InChI=1S/C13H15NO5/c15-9-1-2-10(11(16)6-9)13(19)14-4-3-8(7-14)5-12(17)18/h1-2,6,8,15-16H,3-5,7H2,(H,17,18). The van der Waals surface area contributed by atoms with Crippen molar-refractivity contribution in [3.05, 3.63) is 23.8 Å². The number of phenolic OH excluding ortho intramolecular Hbond substituents is 2. The monoisotopic (exact) mass is 265 g/mol. The molecule has 0 aromatic heterocycles. The fraction of sp³-hybridized carbons (Fsp3) is 0.385. The van der Waals surface area contributed by atoms with Crippen LogP contribution in [0, 0.1) is 5.92 Å². The molecule has 1 heterocycles. The first-order chi connectivity index (χ1) is 8.97. The third-order valence-corrected chi connectivity index (χ3v) is 3.25. The second-order valence-electron chi connectivity index (χ2n) is 4.71. The van der Waals surface area contributed by atoms with E-state index < -0.39 is 5.97 Å². The van der Waals surface area contributed by atoms with Gasteiger partial charge in [0.1, 0.15) is 11.5 Å². The molecule has 0 spiro atoms. The van der Waals surface area contributed by atoms with Crippen molar-refractivity contribution in [1.29, 1.82) is 0 Å². The minimum atomic E-state index is -0.869. The van der Waals surface area contributed by atoms with Crippen LogP contribution < -0.4 is 0 Å². The summed E-state index contributed by atoms with van der Waals surface area (Å²) in [6.07, 6.45) is 0.697. The van der Waals surface area contributed by atoms with Crippen molar-refractivity contribution in [3.63, 3.8) is 0 Å². The minimum absolute atomic E-state index is 0.0410. The van der Waals surface area contributed by atoms with E-state index in [0.717, 1.165) is 6.07 Å². The van der Waals surface area contributed by atoms with Gasteiger partial charge in [-0.2, -0.15) is 0 Å². The number of aliphatic carboxylic acids is 1. The van der Waals surface area contributed by atoms with Crippen molar-refractivity contribution in [2.45, 2.75) is 12.8 Å². The summed E-state index contributed by atoms with van der Waals surface area (Å²) >= 11 is 0. The third kappa shape index (κ3) is 2.96. The Labute approximate surface area is 109 Å². The molecule has 1 aromatic rings. The molecule has 2 rings (SSSR count). The largest absolute Gasteiger partial charge is 0.508 e. The first kappa shape index (κ1) is 13.2. The normalized spacial score (nSPS) is 18.5. The van der Waals surface area contributed by atoms with E-state index in [9.17, 15) is 19.8 Å². The van der Waals surface area contributed by atoms with Crippen LogP contribution in [0.2, 0.25) is 0 Å². The fourth-order valence-corrected chi connectivity index (χ4v) is 2.30. The van der Waals surface area contributed by atoms with E-state index in [1.807, 2.05) is 0 Å². The number of aromatic hydroxyl groups is 2. The second kappa shape index (κ2) is 5.17. The van der Waals surface area contributed by atoms with Crippen molar-refractivity contribution >= 4 is 11.9 Å². The molecule has 1 amide bonds. The summed E-state index contributed by atoms with van der Waals surface area (Å²) in [7, 11) is 0. The van der Waals surface area contributed by atoms with Gasteiger partial charge in [0.2, 0.25) is 0 Å². The average molecular weight is 265 g/mol. The highest BCUT2D eigenvalue weighted by Gasteiger charge is 2.29. The quantitative estimate of drug-likeness (QED) is 0.758. The van der Waals surface area contributed by atoms with Crippen LogP contribution >= 0.6 is 0 Å². The van der Waals surface area contributed by atoms with Crippen LogP contribution in [0.3, 0.4) is 0 Å². The van der Waals surface area contributed by atoms with Gasteiger partial charge in [-0.25, -0.2) is 0 Å². The van der Waals surface area contributed by atoms with Crippen molar-refractivity contribution in [2.75, 3.05) is 13.1 Å². The molecule has 1 fully saturated rings. The lowest BCUT2D eigenvalue weighted by Crippen LogP contribution is -2.29. The molecule has 0 bridgehead atoms.